The summed E-state index contributed by atoms with van der Waals surface area (Å²) in [5, 5.41) is 21.4. The van der Waals surface area contributed by atoms with Gasteiger partial charge in [0.1, 0.15) is 18.6 Å². The molecule has 0 aliphatic rings. The summed E-state index contributed by atoms with van der Waals surface area (Å²) in [5.74, 6) is -3.52. The molecule has 0 aliphatic heterocycles. The second-order valence-electron chi connectivity index (χ2n) is 3.97. The van der Waals surface area contributed by atoms with Crippen molar-refractivity contribution in [1.82, 2.24) is 10.6 Å². The number of primary amides is 1. The summed E-state index contributed by atoms with van der Waals surface area (Å²) in [6.45, 7) is -1.25. The molecule has 10 heteroatoms. The molecule has 0 heterocycles. The molecule has 10 nitrogen and oxygen atoms in total. The predicted molar refractivity (Wildman–Crippen MR) is 66.1 cm³/mol. The van der Waals surface area contributed by atoms with E-state index in [4.69, 9.17) is 21.7 Å². The van der Waals surface area contributed by atoms with E-state index in [0.717, 1.165) is 0 Å². The number of nitrogens with two attached hydrogens (primary N) is 2. The molecule has 0 aliphatic carbocycles. The van der Waals surface area contributed by atoms with E-state index in [2.05, 4.69) is 10.6 Å². The van der Waals surface area contributed by atoms with Crippen molar-refractivity contribution in [2.75, 3.05) is 13.2 Å². The lowest BCUT2D eigenvalue weighted by atomic mass is 10.1. The summed E-state index contributed by atoms with van der Waals surface area (Å²) < 4.78 is 0. The molecule has 0 rings (SSSR count). The molecule has 2 atom stereocenters. The lowest BCUT2D eigenvalue weighted by Crippen LogP contribution is -2.53. The fourth-order valence-electron chi connectivity index (χ4n) is 1.20. The van der Waals surface area contributed by atoms with Gasteiger partial charge >= 0.3 is 5.97 Å². The molecular formula is C10H18N4O6. The van der Waals surface area contributed by atoms with Crippen molar-refractivity contribution in [2.45, 2.75) is 24.9 Å². The smallest absolute Gasteiger partial charge is 0.322 e. The van der Waals surface area contributed by atoms with Crippen molar-refractivity contribution >= 4 is 23.7 Å². The maximum absolute atomic E-state index is 11.7. The van der Waals surface area contributed by atoms with Gasteiger partial charge in [0, 0.05) is 6.42 Å². The van der Waals surface area contributed by atoms with Gasteiger partial charge in [-0.25, -0.2) is 0 Å². The standard InChI is InChI=1S/C10H18N4O6/c11-5(4-15)9(19)14-6(1-2-7(12)16)10(20)13-3-8(17)18/h5-6,15H,1-4,11H2,(H2,12,16)(H,13,20)(H,14,19)(H,17,18). The number of rotatable bonds is 9. The molecule has 20 heavy (non-hydrogen) atoms. The zero-order valence-corrected chi connectivity index (χ0v) is 10.7. The number of aliphatic hydroxyl groups is 1. The van der Waals surface area contributed by atoms with Gasteiger partial charge in [-0.1, -0.05) is 0 Å². The summed E-state index contributed by atoms with van der Waals surface area (Å²) in [6, 6.07) is -2.38. The van der Waals surface area contributed by atoms with Crippen LogP contribution in [0.4, 0.5) is 0 Å². The summed E-state index contributed by atoms with van der Waals surface area (Å²) >= 11 is 0. The third-order valence-electron chi connectivity index (χ3n) is 2.26. The first kappa shape index (κ1) is 17.8. The van der Waals surface area contributed by atoms with E-state index in [1.807, 2.05) is 0 Å². The molecule has 0 aromatic heterocycles. The van der Waals surface area contributed by atoms with Gasteiger partial charge in [-0.05, 0) is 6.42 Å². The first-order valence-corrected chi connectivity index (χ1v) is 5.72. The fourth-order valence-corrected chi connectivity index (χ4v) is 1.20. The average molecular weight is 290 g/mol. The Hall–Kier alpha value is -2.20. The molecule has 0 bridgehead atoms. The zero-order chi connectivity index (χ0) is 15.7. The van der Waals surface area contributed by atoms with Gasteiger partial charge in [0.2, 0.25) is 17.7 Å². The van der Waals surface area contributed by atoms with Crippen LogP contribution in [0, 0.1) is 0 Å². The highest BCUT2D eigenvalue weighted by molar-refractivity contribution is 5.91. The van der Waals surface area contributed by atoms with Crippen LogP contribution in [0.5, 0.6) is 0 Å². The number of amides is 3. The number of carboxylic acids is 1. The monoisotopic (exact) mass is 290 g/mol. The van der Waals surface area contributed by atoms with Crippen LogP contribution in [0.2, 0.25) is 0 Å². The molecule has 2 unspecified atom stereocenters. The van der Waals surface area contributed by atoms with E-state index in [9.17, 15) is 19.2 Å². The van der Waals surface area contributed by atoms with Crippen molar-refractivity contribution in [2.24, 2.45) is 11.5 Å². The molecule has 8 N–H and O–H groups in total. The molecule has 3 amide bonds. The Labute approximate surface area is 114 Å². The van der Waals surface area contributed by atoms with Crippen LogP contribution in [0.15, 0.2) is 0 Å². The molecule has 0 spiro atoms. The highest BCUT2D eigenvalue weighted by Gasteiger charge is 2.24. The SMILES string of the molecule is NC(=O)CCC(NC(=O)C(N)CO)C(=O)NCC(=O)O. The minimum absolute atomic E-state index is 0.106. The Balaban J connectivity index is 4.62. The number of hydrogen-bond donors (Lipinski definition) is 6. The van der Waals surface area contributed by atoms with E-state index < -0.39 is 48.9 Å². The van der Waals surface area contributed by atoms with Crippen LogP contribution in [-0.2, 0) is 19.2 Å². The number of carbonyl (C=O) groups is 4. The van der Waals surface area contributed by atoms with E-state index in [0.29, 0.717) is 0 Å². The van der Waals surface area contributed by atoms with E-state index in [1.54, 1.807) is 0 Å². The number of aliphatic carboxylic acids is 1. The summed E-state index contributed by atoms with van der Waals surface area (Å²) in [5.41, 5.74) is 10.2. The second-order valence-corrected chi connectivity index (χ2v) is 3.97. The maximum Gasteiger partial charge on any atom is 0.322 e. The van der Waals surface area contributed by atoms with E-state index in [-0.39, 0.29) is 12.8 Å². The van der Waals surface area contributed by atoms with Gasteiger partial charge in [-0.3, -0.25) is 19.2 Å². The van der Waals surface area contributed by atoms with Crippen LogP contribution >= 0.6 is 0 Å². The zero-order valence-electron chi connectivity index (χ0n) is 10.7. The van der Waals surface area contributed by atoms with E-state index >= 15 is 0 Å². The van der Waals surface area contributed by atoms with E-state index in [1.165, 1.54) is 0 Å². The van der Waals surface area contributed by atoms with Crippen LogP contribution in [0.3, 0.4) is 0 Å². The summed E-state index contributed by atoms with van der Waals surface area (Å²) in [6.07, 6.45) is -0.287. The van der Waals surface area contributed by atoms with Gasteiger partial charge in [-0.15, -0.1) is 0 Å². The highest BCUT2D eigenvalue weighted by Crippen LogP contribution is 1.98. The normalized spacial score (nSPS) is 13.1. The van der Waals surface area contributed by atoms with Gasteiger partial charge in [0.15, 0.2) is 0 Å². The van der Waals surface area contributed by atoms with Gasteiger partial charge in [0.25, 0.3) is 0 Å². The molecule has 0 aromatic carbocycles. The van der Waals surface area contributed by atoms with Crippen molar-refractivity contribution in [3.8, 4) is 0 Å². The Morgan fingerprint density at radius 2 is 1.75 bits per heavy atom. The maximum atomic E-state index is 11.7. The number of carbonyl (C=O) groups excluding carboxylic acids is 3. The third-order valence-corrected chi connectivity index (χ3v) is 2.26. The van der Waals surface area contributed by atoms with Crippen LogP contribution < -0.4 is 22.1 Å². The minimum Gasteiger partial charge on any atom is -0.480 e. The fraction of sp³-hybridized carbons (Fsp3) is 0.600. The molecule has 0 aromatic rings. The average Bonchev–Trinajstić information content (AvgIpc) is 2.38. The Kier molecular flexibility index (Phi) is 7.85. The van der Waals surface area contributed by atoms with Crippen molar-refractivity contribution in [1.29, 1.82) is 0 Å². The number of aliphatic hydroxyl groups excluding tert-OH is 1. The number of carboxylic acid groups (broad SMARTS) is 1. The Morgan fingerprint density at radius 3 is 2.20 bits per heavy atom. The van der Waals surface area contributed by atoms with Crippen LogP contribution in [0.1, 0.15) is 12.8 Å². The molecule has 0 fully saturated rings. The minimum atomic E-state index is -1.26. The molecule has 0 saturated heterocycles. The number of hydrogen-bond acceptors (Lipinski definition) is 6. The van der Waals surface area contributed by atoms with Gasteiger partial charge < -0.3 is 32.3 Å². The summed E-state index contributed by atoms with van der Waals surface area (Å²) in [7, 11) is 0. The van der Waals surface area contributed by atoms with Crippen molar-refractivity contribution in [3.63, 3.8) is 0 Å². The van der Waals surface area contributed by atoms with Crippen molar-refractivity contribution in [3.05, 3.63) is 0 Å². The van der Waals surface area contributed by atoms with Crippen LogP contribution in [-0.4, -0.2) is 59.1 Å². The lowest BCUT2D eigenvalue weighted by molar-refractivity contribution is -0.138. The predicted octanol–water partition coefficient (Wildman–Crippen LogP) is -3.74. The Bertz CT molecular complexity index is 386. The van der Waals surface area contributed by atoms with Crippen LogP contribution in [0.25, 0.3) is 0 Å². The molecular weight excluding hydrogens is 272 g/mol. The van der Waals surface area contributed by atoms with Gasteiger partial charge in [-0.2, -0.15) is 0 Å². The second kappa shape index (κ2) is 8.82. The Morgan fingerprint density at radius 1 is 1.15 bits per heavy atom. The van der Waals surface area contributed by atoms with Gasteiger partial charge in [0.05, 0.1) is 6.61 Å². The topological polar surface area (TPSA) is 185 Å². The largest absolute Gasteiger partial charge is 0.480 e. The van der Waals surface area contributed by atoms with Crippen molar-refractivity contribution < 1.29 is 29.4 Å². The quantitative estimate of drug-likeness (QED) is 0.252. The molecule has 0 saturated carbocycles. The first-order chi connectivity index (χ1) is 9.27. The third kappa shape index (κ3) is 7.28. The molecule has 0 radical (unpaired) electrons. The molecule has 114 valence electrons. The summed E-state index contributed by atoms with van der Waals surface area (Å²) in [4.78, 5) is 44.2. The number of nitrogens with one attached hydrogen (secondary N) is 2. The highest BCUT2D eigenvalue weighted by atomic mass is 16.4. The lowest BCUT2D eigenvalue weighted by Gasteiger charge is -2.19. The first-order valence-electron chi connectivity index (χ1n) is 5.72.